The molecule has 0 saturated heterocycles. The highest BCUT2D eigenvalue weighted by Gasteiger charge is 2.19. The fourth-order valence-corrected chi connectivity index (χ4v) is 1.96. The van der Waals surface area contributed by atoms with Gasteiger partial charge in [0.25, 0.3) is 0 Å². The highest BCUT2D eigenvalue weighted by molar-refractivity contribution is 7.98. The Balaban J connectivity index is 2.05. The lowest BCUT2D eigenvalue weighted by molar-refractivity contribution is 0.225. The SMILES string of the molecule is CSCC[C@H](C)NC(=O)NC1CCC1. The summed E-state index contributed by atoms with van der Waals surface area (Å²) in [5.41, 5.74) is 0. The maximum atomic E-state index is 11.4. The number of carbonyl (C=O) groups is 1. The maximum absolute atomic E-state index is 11.4. The summed E-state index contributed by atoms with van der Waals surface area (Å²) in [4.78, 5) is 11.4. The van der Waals surface area contributed by atoms with Crippen molar-refractivity contribution in [2.45, 2.75) is 44.7 Å². The Morgan fingerprint density at radius 3 is 2.79 bits per heavy atom. The molecule has 0 aromatic carbocycles. The molecule has 82 valence electrons. The number of carbonyl (C=O) groups excluding carboxylic acids is 1. The number of thioether (sulfide) groups is 1. The first-order valence-corrected chi connectivity index (χ1v) is 6.67. The van der Waals surface area contributed by atoms with Crippen molar-refractivity contribution in [2.75, 3.05) is 12.0 Å². The molecule has 1 fully saturated rings. The minimum Gasteiger partial charge on any atom is -0.336 e. The summed E-state index contributed by atoms with van der Waals surface area (Å²) in [6.07, 6.45) is 6.67. The zero-order valence-corrected chi connectivity index (χ0v) is 9.82. The van der Waals surface area contributed by atoms with E-state index in [1.807, 2.05) is 11.8 Å². The third-order valence-electron chi connectivity index (χ3n) is 2.57. The summed E-state index contributed by atoms with van der Waals surface area (Å²) in [5.74, 6) is 1.10. The fraction of sp³-hybridized carbons (Fsp3) is 0.900. The Hall–Kier alpha value is -0.380. The van der Waals surface area contributed by atoms with Gasteiger partial charge in [-0.15, -0.1) is 0 Å². The first-order valence-electron chi connectivity index (χ1n) is 5.28. The maximum Gasteiger partial charge on any atom is 0.315 e. The molecule has 0 spiro atoms. The van der Waals surface area contributed by atoms with E-state index in [1.165, 1.54) is 6.42 Å². The van der Waals surface area contributed by atoms with Crippen LogP contribution in [0.1, 0.15) is 32.6 Å². The van der Waals surface area contributed by atoms with Crippen LogP contribution >= 0.6 is 11.8 Å². The molecule has 1 saturated carbocycles. The van der Waals surface area contributed by atoms with Crippen molar-refractivity contribution in [3.05, 3.63) is 0 Å². The minimum absolute atomic E-state index is 0.00306. The molecular weight excluding hydrogens is 196 g/mol. The van der Waals surface area contributed by atoms with E-state index in [2.05, 4.69) is 23.8 Å². The number of hydrogen-bond acceptors (Lipinski definition) is 2. The van der Waals surface area contributed by atoms with Crippen LogP contribution in [0.3, 0.4) is 0 Å². The van der Waals surface area contributed by atoms with Crippen LogP contribution in [0.4, 0.5) is 4.79 Å². The van der Waals surface area contributed by atoms with Crippen LogP contribution in [0, 0.1) is 0 Å². The second kappa shape index (κ2) is 6.17. The standard InChI is InChI=1S/C10H20N2OS/c1-8(6-7-14-2)11-10(13)12-9-4-3-5-9/h8-9H,3-7H2,1-2H3,(H2,11,12,13)/t8-/m0/s1. The van der Waals surface area contributed by atoms with Crippen molar-refractivity contribution in [1.29, 1.82) is 0 Å². The molecule has 2 N–H and O–H groups in total. The molecule has 0 radical (unpaired) electrons. The van der Waals surface area contributed by atoms with E-state index in [9.17, 15) is 4.79 Å². The van der Waals surface area contributed by atoms with E-state index in [0.29, 0.717) is 6.04 Å². The van der Waals surface area contributed by atoms with Crippen molar-refractivity contribution >= 4 is 17.8 Å². The molecule has 1 aliphatic carbocycles. The Labute approximate surface area is 90.4 Å². The van der Waals surface area contributed by atoms with Gasteiger partial charge in [0.15, 0.2) is 0 Å². The highest BCUT2D eigenvalue weighted by atomic mass is 32.2. The molecule has 1 rings (SSSR count). The van der Waals surface area contributed by atoms with Gasteiger partial charge in [-0.05, 0) is 44.6 Å². The Morgan fingerprint density at radius 1 is 1.57 bits per heavy atom. The van der Waals surface area contributed by atoms with E-state index < -0.39 is 0 Å². The van der Waals surface area contributed by atoms with Crippen LogP contribution in [0.25, 0.3) is 0 Å². The van der Waals surface area contributed by atoms with Crippen molar-refractivity contribution in [1.82, 2.24) is 10.6 Å². The third-order valence-corrected chi connectivity index (χ3v) is 3.22. The molecule has 0 bridgehead atoms. The number of rotatable bonds is 5. The number of urea groups is 1. The van der Waals surface area contributed by atoms with E-state index in [1.54, 1.807) is 0 Å². The molecule has 14 heavy (non-hydrogen) atoms. The number of amides is 2. The second-order valence-corrected chi connectivity index (χ2v) is 4.91. The Bertz CT molecular complexity index is 183. The summed E-state index contributed by atoms with van der Waals surface area (Å²) in [5, 5.41) is 5.92. The Kier molecular flexibility index (Phi) is 5.15. The molecule has 0 aromatic rings. The smallest absolute Gasteiger partial charge is 0.315 e. The predicted molar refractivity (Wildman–Crippen MR) is 61.8 cm³/mol. The summed E-state index contributed by atoms with van der Waals surface area (Å²) in [6, 6.07) is 0.716. The van der Waals surface area contributed by atoms with E-state index in [-0.39, 0.29) is 12.1 Å². The first kappa shape index (κ1) is 11.7. The summed E-state index contributed by atoms with van der Waals surface area (Å²) < 4.78 is 0. The molecule has 4 heteroatoms. The molecular formula is C10H20N2OS. The molecule has 0 unspecified atom stereocenters. The fourth-order valence-electron chi connectivity index (χ4n) is 1.37. The van der Waals surface area contributed by atoms with E-state index in [4.69, 9.17) is 0 Å². The summed E-state index contributed by atoms with van der Waals surface area (Å²) in [7, 11) is 0. The van der Waals surface area contributed by atoms with Crippen LogP contribution < -0.4 is 10.6 Å². The van der Waals surface area contributed by atoms with Gasteiger partial charge in [0, 0.05) is 12.1 Å². The van der Waals surface area contributed by atoms with Gasteiger partial charge in [-0.3, -0.25) is 0 Å². The number of hydrogen-bond donors (Lipinski definition) is 2. The molecule has 3 nitrogen and oxygen atoms in total. The van der Waals surface area contributed by atoms with Crippen LogP contribution in [0.5, 0.6) is 0 Å². The van der Waals surface area contributed by atoms with Gasteiger partial charge in [0.1, 0.15) is 0 Å². The molecule has 1 aliphatic rings. The topological polar surface area (TPSA) is 41.1 Å². The molecule has 0 aromatic heterocycles. The van der Waals surface area contributed by atoms with Gasteiger partial charge in [0.2, 0.25) is 0 Å². The largest absolute Gasteiger partial charge is 0.336 e. The van der Waals surface area contributed by atoms with Crippen LogP contribution in [0.15, 0.2) is 0 Å². The van der Waals surface area contributed by atoms with Crippen molar-refractivity contribution in [3.8, 4) is 0 Å². The van der Waals surface area contributed by atoms with Crippen LogP contribution in [-0.2, 0) is 0 Å². The van der Waals surface area contributed by atoms with Crippen LogP contribution in [0.2, 0.25) is 0 Å². The summed E-state index contributed by atoms with van der Waals surface area (Å²) >= 11 is 1.81. The second-order valence-electron chi connectivity index (χ2n) is 3.93. The normalized spacial score (nSPS) is 18.4. The molecule has 0 aliphatic heterocycles. The number of nitrogens with one attached hydrogen (secondary N) is 2. The van der Waals surface area contributed by atoms with Crippen molar-refractivity contribution < 1.29 is 4.79 Å². The third kappa shape index (κ3) is 4.22. The lowest BCUT2D eigenvalue weighted by atomic mass is 9.93. The average Bonchev–Trinajstić information content (AvgIpc) is 2.08. The minimum atomic E-state index is 0.00306. The van der Waals surface area contributed by atoms with Crippen LogP contribution in [-0.4, -0.2) is 30.1 Å². The quantitative estimate of drug-likeness (QED) is 0.738. The lowest BCUT2D eigenvalue weighted by Crippen LogP contribution is -2.47. The molecule has 2 amide bonds. The van der Waals surface area contributed by atoms with Gasteiger partial charge in [-0.2, -0.15) is 11.8 Å². The van der Waals surface area contributed by atoms with Gasteiger partial charge in [-0.1, -0.05) is 0 Å². The van der Waals surface area contributed by atoms with E-state index >= 15 is 0 Å². The predicted octanol–water partition coefficient (Wildman–Crippen LogP) is 1.98. The van der Waals surface area contributed by atoms with Gasteiger partial charge >= 0.3 is 6.03 Å². The van der Waals surface area contributed by atoms with Gasteiger partial charge < -0.3 is 10.6 Å². The van der Waals surface area contributed by atoms with Crippen molar-refractivity contribution in [2.24, 2.45) is 0 Å². The van der Waals surface area contributed by atoms with E-state index in [0.717, 1.165) is 25.0 Å². The average molecular weight is 216 g/mol. The van der Waals surface area contributed by atoms with Gasteiger partial charge in [0.05, 0.1) is 0 Å². The molecule has 1 atom stereocenters. The zero-order chi connectivity index (χ0) is 10.4. The first-order chi connectivity index (χ1) is 6.72. The molecule has 0 heterocycles. The Morgan fingerprint density at radius 2 is 2.29 bits per heavy atom. The monoisotopic (exact) mass is 216 g/mol. The zero-order valence-electron chi connectivity index (χ0n) is 9.01. The van der Waals surface area contributed by atoms with Gasteiger partial charge in [-0.25, -0.2) is 4.79 Å². The van der Waals surface area contributed by atoms with Crippen molar-refractivity contribution in [3.63, 3.8) is 0 Å². The summed E-state index contributed by atoms with van der Waals surface area (Å²) in [6.45, 7) is 2.05. The highest BCUT2D eigenvalue weighted by Crippen LogP contribution is 2.17. The lowest BCUT2D eigenvalue weighted by Gasteiger charge is -2.27.